The minimum Gasteiger partial charge on any atom is -0.489 e. The molecule has 0 aliphatic carbocycles. The van der Waals surface area contributed by atoms with Crippen molar-refractivity contribution in [2.75, 3.05) is 13.1 Å². The van der Waals surface area contributed by atoms with Crippen LogP contribution in [-0.2, 0) is 24.6 Å². The van der Waals surface area contributed by atoms with Crippen molar-refractivity contribution in [1.29, 1.82) is 0 Å². The van der Waals surface area contributed by atoms with E-state index in [0.29, 0.717) is 32.8 Å². The molecular weight excluding hydrogens is 472 g/mol. The van der Waals surface area contributed by atoms with Gasteiger partial charge in [0.25, 0.3) is 0 Å². The molecule has 0 heterocycles. The number of ether oxygens (including phenoxy) is 2. The van der Waals surface area contributed by atoms with Gasteiger partial charge in [-0.25, -0.2) is 0 Å². The first-order chi connectivity index (χ1) is 18.5. The second-order valence-corrected chi connectivity index (χ2v) is 9.45. The van der Waals surface area contributed by atoms with Gasteiger partial charge in [-0.15, -0.1) is 0 Å². The van der Waals surface area contributed by atoms with E-state index < -0.39 is 0 Å². The zero-order valence-electron chi connectivity index (χ0n) is 22.4. The van der Waals surface area contributed by atoms with Gasteiger partial charge < -0.3 is 20.1 Å². The van der Waals surface area contributed by atoms with Gasteiger partial charge in [0.05, 0.1) is 0 Å². The summed E-state index contributed by atoms with van der Waals surface area (Å²) in [5.74, 6) is 1.52. The molecule has 1 amide bonds. The molecule has 0 aliphatic rings. The van der Waals surface area contributed by atoms with Crippen molar-refractivity contribution in [3.8, 4) is 22.6 Å². The first kappa shape index (κ1) is 27.0. The molecule has 0 saturated carbocycles. The lowest BCUT2D eigenvalue weighted by molar-refractivity contribution is -0.118. The predicted molar refractivity (Wildman–Crippen MR) is 153 cm³/mol. The maximum atomic E-state index is 11.1. The lowest BCUT2D eigenvalue weighted by Crippen LogP contribution is -2.30. The van der Waals surface area contributed by atoms with Crippen LogP contribution in [0.1, 0.15) is 34.7 Å². The highest BCUT2D eigenvalue weighted by molar-refractivity contribution is 5.72. The van der Waals surface area contributed by atoms with E-state index in [-0.39, 0.29) is 5.91 Å². The average molecular weight is 509 g/mol. The van der Waals surface area contributed by atoms with Crippen molar-refractivity contribution >= 4 is 5.91 Å². The number of aryl methyl sites for hydroxylation is 1. The molecule has 0 bridgehead atoms. The van der Waals surface area contributed by atoms with Crippen LogP contribution in [0.5, 0.6) is 11.5 Å². The molecule has 0 aliphatic heterocycles. The molecule has 0 saturated heterocycles. The molecule has 2 N–H and O–H groups in total. The highest BCUT2D eigenvalue weighted by Gasteiger charge is 2.10. The lowest BCUT2D eigenvalue weighted by atomic mass is 9.97. The van der Waals surface area contributed by atoms with Gasteiger partial charge in [0.2, 0.25) is 5.91 Å². The molecule has 0 spiro atoms. The zero-order valence-corrected chi connectivity index (χ0v) is 22.4. The van der Waals surface area contributed by atoms with E-state index in [2.05, 4.69) is 85.1 Å². The summed E-state index contributed by atoms with van der Waals surface area (Å²) >= 11 is 0. The minimum atomic E-state index is -0.0278. The summed E-state index contributed by atoms with van der Waals surface area (Å²) in [6, 6.07) is 31.1. The molecule has 38 heavy (non-hydrogen) atoms. The number of carbonyl (C=O) groups excluding carboxylic acids is 1. The molecule has 0 fully saturated rings. The zero-order chi connectivity index (χ0) is 26.7. The lowest BCUT2D eigenvalue weighted by Gasteiger charge is -2.16. The van der Waals surface area contributed by atoms with E-state index in [9.17, 15) is 4.79 Å². The second kappa shape index (κ2) is 13.5. The summed E-state index contributed by atoms with van der Waals surface area (Å²) in [6.07, 6.45) is 0. The normalized spacial score (nSPS) is 10.7. The van der Waals surface area contributed by atoms with Crippen LogP contribution in [0.4, 0.5) is 0 Å². The summed E-state index contributed by atoms with van der Waals surface area (Å²) in [5, 5.41) is 6.18. The number of amides is 1. The van der Waals surface area contributed by atoms with Crippen molar-refractivity contribution < 1.29 is 14.3 Å². The summed E-state index contributed by atoms with van der Waals surface area (Å²) in [7, 11) is 0. The third-order valence-electron chi connectivity index (χ3n) is 6.43. The van der Waals surface area contributed by atoms with Crippen LogP contribution in [0.3, 0.4) is 0 Å². The maximum Gasteiger partial charge on any atom is 0.216 e. The number of hydrogen-bond donors (Lipinski definition) is 2. The van der Waals surface area contributed by atoms with Gasteiger partial charge >= 0.3 is 0 Å². The Morgan fingerprint density at radius 3 is 2.37 bits per heavy atom. The third-order valence-corrected chi connectivity index (χ3v) is 6.43. The van der Waals surface area contributed by atoms with E-state index >= 15 is 0 Å². The van der Waals surface area contributed by atoms with Crippen LogP contribution in [0.25, 0.3) is 11.1 Å². The molecular formula is C33H36N2O3. The minimum absolute atomic E-state index is 0.0278. The van der Waals surface area contributed by atoms with Gasteiger partial charge in [0.1, 0.15) is 24.7 Å². The second-order valence-electron chi connectivity index (χ2n) is 9.45. The molecule has 5 heteroatoms. The van der Waals surface area contributed by atoms with Gasteiger partial charge in [-0.3, -0.25) is 4.79 Å². The molecule has 196 valence electrons. The smallest absolute Gasteiger partial charge is 0.216 e. The Hall–Kier alpha value is -4.09. The van der Waals surface area contributed by atoms with Crippen molar-refractivity contribution in [2.24, 2.45) is 0 Å². The van der Waals surface area contributed by atoms with Gasteiger partial charge in [0.15, 0.2) is 0 Å². The predicted octanol–water partition coefficient (Wildman–Crippen LogP) is 6.35. The van der Waals surface area contributed by atoms with Crippen LogP contribution in [-0.4, -0.2) is 19.0 Å². The fourth-order valence-electron chi connectivity index (χ4n) is 4.35. The van der Waals surface area contributed by atoms with Crippen LogP contribution in [0.15, 0.2) is 91.0 Å². The van der Waals surface area contributed by atoms with Crippen LogP contribution in [0, 0.1) is 13.8 Å². The van der Waals surface area contributed by atoms with Crippen molar-refractivity contribution in [3.05, 3.63) is 119 Å². The molecule has 4 aromatic rings. The van der Waals surface area contributed by atoms with Crippen LogP contribution in [0.2, 0.25) is 0 Å². The number of hydrogen-bond acceptors (Lipinski definition) is 4. The fourth-order valence-corrected chi connectivity index (χ4v) is 4.35. The van der Waals surface area contributed by atoms with E-state index in [1.807, 2.05) is 30.3 Å². The first-order valence-corrected chi connectivity index (χ1v) is 13.0. The summed E-state index contributed by atoms with van der Waals surface area (Å²) in [6.45, 7) is 8.57. The number of carbonyl (C=O) groups is 1. The topological polar surface area (TPSA) is 59.6 Å². The summed E-state index contributed by atoms with van der Waals surface area (Å²) in [5.41, 5.74) is 8.15. The first-order valence-electron chi connectivity index (χ1n) is 13.0. The average Bonchev–Trinajstić information content (AvgIpc) is 2.92. The van der Waals surface area contributed by atoms with Crippen LogP contribution < -0.4 is 20.1 Å². The molecule has 4 aromatic carbocycles. The Kier molecular flexibility index (Phi) is 9.54. The highest BCUT2D eigenvalue weighted by Crippen LogP contribution is 2.29. The standard InChI is InChI=1S/C33H36N2O3/c1-24-9-7-10-27(19-24)22-38-33-20-31(16-15-29(33)21-34-17-18-35-26(3)36)37-23-30-13-8-14-32(25(30)2)28-11-5-4-6-12-28/h4-16,19-20,34H,17-18,21-23H2,1-3H3,(H,35,36). The summed E-state index contributed by atoms with van der Waals surface area (Å²) < 4.78 is 12.5. The SMILES string of the molecule is CC(=O)NCCNCc1ccc(OCc2cccc(-c3ccccc3)c2C)cc1OCc1cccc(C)c1. The Morgan fingerprint density at radius 1 is 0.763 bits per heavy atom. The van der Waals surface area contributed by atoms with Crippen molar-refractivity contribution in [2.45, 2.75) is 40.5 Å². The molecule has 0 atom stereocenters. The van der Waals surface area contributed by atoms with E-state index in [1.54, 1.807) is 0 Å². The highest BCUT2D eigenvalue weighted by atomic mass is 16.5. The largest absolute Gasteiger partial charge is 0.489 e. The number of benzene rings is 4. The van der Waals surface area contributed by atoms with Crippen molar-refractivity contribution in [3.63, 3.8) is 0 Å². The maximum absolute atomic E-state index is 11.1. The molecule has 0 aromatic heterocycles. The van der Waals surface area contributed by atoms with E-state index in [0.717, 1.165) is 28.2 Å². The van der Waals surface area contributed by atoms with Crippen LogP contribution >= 0.6 is 0 Å². The number of rotatable bonds is 12. The van der Waals surface area contributed by atoms with Gasteiger partial charge in [-0.05, 0) is 47.7 Å². The van der Waals surface area contributed by atoms with Gasteiger partial charge in [-0.2, -0.15) is 0 Å². The fraction of sp³-hybridized carbons (Fsp3) is 0.242. The molecule has 0 unspecified atom stereocenters. The Labute approximate surface area is 225 Å². The molecule has 4 rings (SSSR count). The Morgan fingerprint density at radius 2 is 1.58 bits per heavy atom. The van der Waals surface area contributed by atoms with Crippen molar-refractivity contribution in [1.82, 2.24) is 10.6 Å². The van der Waals surface area contributed by atoms with E-state index in [4.69, 9.17) is 9.47 Å². The van der Waals surface area contributed by atoms with Gasteiger partial charge in [-0.1, -0.05) is 84.4 Å². The Bertz CT molecular complexity index is 1350. The molecule has 5 nitrogen and oxygen atoms in total. The summed E-state index contributed by atoms with van der Waals surface area (Å²) in [4.78, 5) is 11.1. The third kappa shape index (κ3) is 7.70. The number of nitrogens with one attached hydrogen (secondary N) is 2. The monoisotopic (exact) mass is 508 g/mol. The van der Waals surface area contributed by atoms with Gasteiger partial charge in [0, 0.05) is 38.2 Å². The van der Waals surface area contributed by atoms with E-state index in [1.165, 1.54) is 29.2 Å². The Balaban J connectivity index is 1.47. The molecule has 0 radical (unpaired) electrons. The quantitative estimate of drug-likeness (QED) is 0.219.